The molecule has 0 radical (unpaired) electrons. The zero-order valence-corrected chi connectivity index (χ0v) is 10.9. The highest BCUT2D eigenvalue weighted by molar-refractivity contribution is 5.87. The van der Waals surface area contributed by atoms with Crippen molar-refractivity contribution in [1.29, 1.82) is 0 Å². The van der Waals surface area contributed by atoms with E-state index in [0.29, 0.717) is 12.5 Å². The number of nitrogens with two attached hydrogens (primary N) is 1. The van der Waals surface area contributed by atoms with Gasteiger partial charge in [-0.15, -0.1) is 0 Å². The molecule has 1 aromatic carbocycles. The normalized spacial score (nSPS) is 11.4. The number of ether oxygens (including phenoxy) is 1. The van der Waals surface area contributed by atoms with Crippen LogP contribution in [0.3, 0.4) is 0 Å². The summed E-state index contributed by atoms with van der Waals surface area (Å²) in [7, 11) is 3.76. The fourth-order valence-corrected chi connectivity index (χ4v) is 2.52. The predicted octanol–water partition coefficient (Wildman–Crippen LogP) is 2.77. The van der Waals surface area contributed by atoms with Crippen molar-refractivity contribution >= 4 is 10.9 Å². The third-order valence-electron chi connectivity index (χ3n) is 3.34. The van der Waals surface area contributed by atoms with Crippen LogP contribution in [0.15, 0.2) is 18.2 Å². The van der Waals surface area contributed by atoms with Gasteiger partial charge in [0.2, 0.25) is 0 Å². The zero-order chi connectivity index (χ0) is 12.6. The summed E-state index contributed by atoms with van der Waals surface area (Å²) in [6.07, 6.45) is 0. The molecule has 0 saturated heterocycles. The number of aryl methyl sites for hydroxylation is 1. The molecule has 1 aromatic heterocycles. The summed E-state index contributed by atoms with van der Waals surface area (Å²) in [4.78, 5) is 0. The predicted molar refractivity (Wildman–Crippen MR) is 71.5 cm³/mol. The van der Waals surface area contributed by atoms with E-state index in [-0.39, 0.29) is 0 Å². The molecule has 92 valence electrons. The maximum atomic E-state index is 5.87. The fourth-order valence-electron chi connectivity index (χ4n) is 2.52. The molecule has 17 heavy (non-hydrogen) atoms. The lowest BCUT2D eigenvalue weighted by Crippen LogP contribution is -2.06. The van der Waals surface area contributed by atoms with E-state index in [4.69, 9.17) is 10.5 Å². The third kappa shape index (κ3) is 1.80. The number of rotatable bonds is 3. The Balaban J connectivity index is 2.79. The van der Waals surface area contributed by atoms with Gasteiger partial charge in [0.25, 0.3) is 0 Å². The Morgan fingerprint density at radius 1 is 1.35 bits per heavy atom. The number of hydrogen-bond acceptors (Lipinski definition) is 2. The van der Waals surface area contributed by atoms with Crippen LogP contribution in [0, 0.1) is 0 Å². The number of hydrogen-bond donors (Lipinski definition) is 1. The van der Waals surface area contributed by atoms with Gasteiger partial charge in [0.05, 0.1) is 12.6 Å². The van der Waals surface area contributed by atoms with Crippen molar-refractivity contribution in [2.45, 2.75) is 26.3 Å². The molecule has 0 amide bonds. The van der Waals surface area contributed by atoms with Crippen LogP contribution in [0.25, 0.3) is 10.9 Å². The van der Waals surface area contributed by atoms with Crippen molar-refractivity contribution in [3.8, 4) is 5.75 Å². The Bertz CT molecular complexity index is 541. The minimum absolute atomic E-state index is 0.477. The Labute approximate surface area is 102 Å². The zero-order valence-electron chi connectivity index (χ0n) is 10.9. The molecule has 0 fully saturated rings. The maximum Gasteiger partial charge on any atom is 0.120 e. The Hall–Kier alpha value is -1.48. The standard InChI is InChI=1S/C14H20N2O/c1-9(2)14-11-6-5-10(17-4)7-12(11)16(3)13(14)8-15/h5-7,9H,8,15H2,1-4H3. The summed E-state index contributed by atoms with van der Waals surface area (Å²) >= 11 is 0. The van der Waals surface area contributed by atoms with Gasteiger partial charge in [-0.1, -0.05) is 13.8 Å². The van der Waals surface area contributed by atoms with E-state index in [1.165, 1.54) is 22.2 Å². The van der Waals surface area contributed by atoms with Gasteiger partial charge >= 0.3 is 0 Å². The summed E-state index contributed by atoms with van der Waals surface area (Å²) in [6, 6.07) is 6.21. The fraction of sp³-hybridized carbons (Fsp3) is 0.429. The van der Waals surface area contributed by atoms with E-state index in [1.807, 2.05) is 6.07 Å². The average Bonchev–Trinajstić information content (AvgIpc) is 2.61. The van der Waals surface area contributed by atoms with Crippen LogP contribution in [0.5, 0.6) is 5.75 Å². The third-order valence-corrected chi connectivity index (χ3v) is 3.34. The van der Waals surface area contributed by atoms with Crippen LogP contribution >= 0.6 is 0 Å². The summed E-state index contributed by atoms with van der Waals surface area (Å²) in [5.41, 5.74) is 9.63. The molecule has 1 heterocycles. The first-order valence-corrected chi connectivity index (χ1v) is 5.95. The number of methoxy groups -OCH3 is 1. The first kappa shape index (κ1) is 12.0. The van der Waals surface area contributed by atoms with E-state index >= 15 is 0 Å². The lowest BCUT2D eigenvalue weighted by molar-refractivity contribution is 0.415. The Morgan fingerprint density at radius 2 is 2.06 bits per heavy atom. The molecule has 0 spiro atoms. The van der Waals surface area contributed by atoms with Gasteiger partial charge in [0.1, 0.15) is 5.75 Å². The van der Waals surface area contributed by atoms with Crippen molar-refractivity contribution in [1.82, 2.24) is 4.57 Å². The second kappa shape index (κ2) is 4.41. The SMILES string of the molecule is COc1ccc2c(C(C)C)c(CN)n(C)c2c1. The van der Waals surface area contributed by atoms with E-state index in [1.54, 1.807) is 7.11 Å². The molecule has 2 aromatic rings. The molecular weight excluding hydrogens is 212 g/mol. The summed E-state index contributed by atoms with van der Waals surface area (Å²) in [6.45, 7) is 4.98. The van der Waals surface area contributed by atoms with Gasteiger partial charge in [-0.05, 0) is 23.6 Å². The van der Waals surface area contributed by atoms with Gasteiger partial charge in [0.15, 0.2) is 0 Å². The van der Waals surface area contributed by atoms with Crippen LogP contribution in [0.1, 0.15) is 31.0 Å². The smallest absolute Gasteiger partial charge is 0.120 e. The van der Waals surface area contributed by atoms with Gasteiger partial charge < -0.3 is 15.0 Å². The monoisotopic (exact) mass is 232 g/mol. The average molecular weight is 232 g/mol. The van der Waals surface area contributed by atoms with Gasteiger partial charge in [-0.3, -0.25) is 0 Å². The van der Waals surface area contributed by atoms with Crippen molar-refractivity contribution in [2.24, 2.45) is 12.8 Å². The lowest BCUT2D eigenvalue weighted by atomic mass is 9.99. The van der Waals surface area contributed by atoms with Crippen molar-refractivity contribution in [2.75, 3.05) is 7.11 Å². The molecular formula is C14H20N2O. The van der Waals surface area contributed by atoms with Gasteiger partial charge in [-0.25, -0.2) is 0 Å². The lowest BCUT2D eigenvalue weighted by Gasteiger charge is -2.08. The second-order valence-corrected chi connectivity index (χ2v) is 4.66. The Morgan fingerprint density at radius 3 is 2.59 bits per heavy atom. The highest BCUT2D eigenvalue weighted by atomic mass is 16.5. The highest BCUT2D eigenvalue weighted by Crippen LogP contribution is 2.33. The van der Waals surface area contributed by atoms with E-state index in [9.17, 15) is 0 Å². The minimum Gasteiger partial charge on any atom is -0.497 e. The molecule has 0 aliphatic heterocycles. The van der Waals surface area contributed by atoms with E-state index in [2.05, 4.69) is 37.6 Å². The van der Waals surface area contributed by atoms with Crippen molar-refractivity contribution < 1.29 is 4.74 Å². The maximum absolute atomic E-state index is 5.87. The van der Waals surface area contributed by atoms with Crippen LogP contribution in [-0.4, -0.2) is 11.7 Å². The first-order chi connectivity index (χ1) is 8.10. The number of aromatic nitrogens is 1. The van der Waals surface area contributed by atoms with Crippen molar-refractivity contribution in [3.05, 3.63) is 29.5 Å². The first-order valence-electron chi connectivity index (χ1n) is 5.95. The quantitative estimate of drug-likeness (QED) is 0.884. The van der Waals surface area contributed by atoms with E-state index in [0.717, 1.165) is 5.75 Å². The minimum atomic E-state index is 0.477. The molecule has 0 aliphatic rings. The molecule has 0 atom stereocenters. The summed E-state index contributed by atoms with van der Waals surface area (Å²) in [5, 5.41) is 1.28. The van der Waals surface area contributed by atoms with Crippen LogP contribution in [0.4, 0.5) is 0 Å². The molecule has 2 rings (SSSR count). The molecule has 0 unspecified atom stereocenters. The summed E-state index contributed by atoms with van der Waals surface area (Å²) in [5.74, 6) is 1.36. The number of nitrogens with zero attached hydrogens (tertiary/aromatic N) is 1. The molecule has 3 nitrogen and oxygen atoms in total. The Kier molecular flexibility index (Phi) is 3.11. The summed E-state index contributed by atoms with van der Waals surface area (Å²) < 4.78 is 7.45. The molecule has 2 N–H and O–H groups in total. The van der Waals surface area contributed by atoms with Crippen LogP contribution < -0.4 is 10.5 Å². The topological polar surface area (TPSA) is 40.2 Å². The van der Waals surface area contributed by atoms with Crippen molar-refractivity contribution in [3.63, 3.8) is 0 Å². The highest BCUT2D eigenvalue weighted by Gasteiger charge is 2.16. The van der Waals surface area contributed by atoms with E-state index < -0.39 is 0 Å². The van der Waals surface area contributed by atoms with Gasteiger partial charge in [0, 0.05) is 30.7 Å². The van der Waals surface area contributed by atoms with Gasteiger partial charge in [-0.2, -0.15) is 0 Å². The number of benzene rings is 1. The molecule has 0 aliphatic carbocycles. The van der Waals surface area contributed by atoms with Crippen LogP contribution in [0.2, 0.25) is 0 Å². The molecule has 0 saturated carbocycles. The molecule has 0 bridgehead atoms. The second-order valence-electron chi connectivity index (χ2n) is 4.66. The largest absolute Gasteiger partial charge is 0.497 e. The number of fused-ring (bicyclic) bond motifs is 1. The molecule has 3 heteroatoms. The van der Waals surface area contributed by atoms with Crippen LogP contribution in [-0.2, 0) is 13.6 Å².